The van der Waals surface area contributed by atoms with Crippen LogP contribution in [0.5, 0.6) is 0 Å². The molecule has 5 heteroatoms. The van der Waals surface area contributed by atoms with E-state index in [1.54, 1.807) is 19.1 Å². The fourth-order valence-electron chi connectivity index (χ4n) is 1.42. The van der Waals surface area contributed by atoms with Gasteiger partial charge in [0.15, 0.2) is 0 Å². The number of thiophene rings is 1. The molecular weight excluding hydrogens is 248 g/mol. The van der Waals surface area contributed by atoms with Crippen LogP contribution in [0.1, 0.15) is 21.7 Å². The molecule has 18 heavy (non-hydrogen) atoms. The summed E-state index contributed by atoms with van der Waals surface area (Å²) in [6, 6.07) is 1.81. The van der Waals surface area contributed by atoms with E-state index in [4.69, 9.17) is 10.5 Å². The molecule has 1 rings (SSSR count). The molecule has 1 aromatic rings. The molecule has 0 atom stereocenters. The van der Waals surface area contributed by atoms with Crippen LogP contribution in [0.4, 0.5) is 0 Å². The van der Waals surface area contributed by atoms with Crippen molar-refractivity contribution in [3.63, 3.8) is 0 Å². The van der Waals surface area contributed by atoms with Gasteiger partial charge in [-0.1, -0.05) is 11.8 Å². The Balaban J connectivity index is 2.57. The Morgan fingerprint density at radius 2 is 2.39 bits per heavy atom. The minimum absolute atomic E-state index is 0.0168. The first-order chi connectivity index (χ1) is 8.69. The third kappa shape index (κ3) is 4.49. The average Bonchev–Trinajstić information content (AvgIpc) is 2.84. The lowest BCUT2D eigenvalue weighted by molar-refractivity contribution is 0.0780. The lowest BCUT2D eigenvalue weighted by atomic mass is 10.2. The molecule has 0 aliphatic carbocycles. The number of methoxy groups -OCH3 is 1. The summed E-state index contributed by atoms with van der Waals surface area (Å²) < 4.78 is 4.96. The maximum atomic E-state index is 12.0. The Bertz CT molecular complexity index is 445. The van der Waals surface area contributed by atoms with E-state index in [2.05, 4.69) is 11.8 Å². The van der Waals surface area contributed by atoms with Gasteiger partial charge in [-0.3, -0.25) is 4.79 Å². The number of carbonyl (C=O) groups excluding carboxylic acids is 1. The van der Waals surface area contributed by atoms with Crippen LogP contribution in [0.15, 0.2) is 11.4 Å². The van der Waals surface area contributed by atoms with E-state index in [1.165, 1.54) is 11.3 Å². The molecule has 0 fully saturated rings. The summed E-state index contributed by atoms with van der Waals surface area (Å²) in [6.07, 6.45) is 0.836. The molecule has 0 aromatic carbocycles. The molecule has 0 aliphatic rings. The van der Waals surface area contributed by atoms with Crippen LogP contribution < -0.4 is 5.73 Å². The van der Waals surface area contributed by atoms with Crippen LogP contribution >= 0.6 is 11.3 Å². The smallest absolute Gasteiger partial charge is 0.254 e. The number of nitrogens with two attached hydrogens (primary N) is 1. The number of amides is 1. The molecular formula is C13H18N2O2S. The topological polar surface area (TPSA) is 55.6 Å². The van der Waals surface area contributed by atoms with Gasteiger partial charge in [-0.2, -0.15) is 0 Å². The monoisotopic (exact) mass is 266 g/mol. The van der Waals surface area contributed by atoms with Crippen LogP contribution in [0.25, 0.3) is 0 Å². The van der Waals surface area contributed by atoms with Crippen LogP contribution in [0.3, 0.4) is 0 Å². The van der Waals surface area contributed by atoms with Crippen LogP contribution in [-0.4, -0.2) is 44.7 Å². The Morgan fingerprint density at radius 1 is 1.61 bits per heavy atom. The minimum atomic E-state index is 0.0168. The molecule has 0 radical (unpaired) electrons. The van der Waals surface area contributed by atoms with E-state index < -0.39 is 0 Å². The van der Waals surface area contributed by atoms with E-state index in [1.807, 2.05) is 11.4 Å². The molecule has 1 aromatic heterocycles. The van der Waals surface area contributed by atoms with Crippen molar-refractivity contribution >= 4 is 17.2 Å². The first-order valence-electron chi connectivity index (χ1n) is 5.71. The predicted molar refractivity (Wildman–Crippen MR) is 73.7 cm³/mol. The Hall–Kier alpha value is -1.35. The molecule has 0 unspecified atom stereocenters. The maximum absolute atomic E-state index is 12.0. The molecule has 0 aliphatic heterocycles. The average molecular weight is 266 g/mol. The Kier molecular flexibility index (Phi) is 6.44. The van der Waals surface area contributed by atoms with Gasteiger partial charge in [-0.05, 0) is 12.5 Å². The third-order valence-electron chi connectivity index (χ3n) is 2.35. The molecule has 1 amide bonds. The Labute approximate surface area is 112 Å². The number of hydrogen-bond acceptors (Lipinski definition) is 4. The molecule has 2 N–H and O–H groups in total. The van der Waals surface area contributed by atoms with Crippen molar-refractivity contribution in [3.05, 3.63) is 21.9 Å². The Morgan fingerprint density at radius 3 is 3.06 bits per heavy atom. The van der Waals surface area contributed by atoms with Crippen molar-refractivity contribution in [1.29, 1.82) is 0 Å². The SMILES string of the molecule is COCCCN(C)C(=O)c1csc(C#CCN)c1. The molecule has 0 bridgehead atoms. The van der Waals surface area contributed by atoms with Crippen LogP contribution in [-0.2, 0) is 4.74 Å². The number of carbonyl (C=O) groups is 1. The quantitative estimate of drug-likeness (QED) is 0.643. The molecule has 1 heterocycles. The van der Waals surface area contributed by atoms with Crippen molar-refractivity contribution < 1.29 is 9.53 Å². The van der Waals surface area contributed by atoms with E-state index >= 15 is 0 Å². The normalized spacial score (nSPS) is 9.72. The second kappa shape index (κ2) is 7.88. The summed E-state index contributed by atoms with van der Waals surface area (Å²) in [5.74, 6) is 5.72. The van der Waals surface area contributed by atoms with E-state index in [0.29, 0.717) is 25.3 Å². The van der Waals surface area contributed by atoms with Gasteiger partial charge in [0.2, 0.25) is 0 Å². The molecule has 0 saturated heterocycles. The van der Waals surface area contributed by atoms with Gasteiger partial charge >= 0.3 is 0 Å². The fraction of sp³-hybridized carbons (Fsp3) is 0.462. The molecule has 4 nitrogen and oxygen atoms in total. The molecule has 98 valence electrons. The highest BCUT2D eigenvalue weighted by Crippen LogP contribution is 2.15. The number of hydrogen-bond donors (Lipinski definition) is 1. The van der Waals surface area contributed by atoms with E-state index in [-0.39, 0.29) is 5.91 Å². The van der Waals surface area contributed by atoms with Gasteiger partial charge in [0.05, 0.1) is 17.0 Å². The highest BCUT2D eigenvalue weighted by atomic mass is 32.1. The first-order valence-corrected chi connectivity index (χ1v) is 6.59. The lowest BCUT2D eigenvalue weighted by Gasteiger charge is -2.15. The summed E-state index contributed by atoms with van der Waals surface area (Å²) in [5, 5.41) is 1.83. The van der Waals surface area contributed by atoms with Crippen molar-refractivity contribution in [1.82, 2.24) is 4.90 Å². The maximum Gasteiger partial charge on any atom is 0.254 e. The predicted octanol–water partition coefficient (Wildman–Crippen LogP) is 1.17. The number of rotatable bonds is 5. The van der Waals surface area contributed by atoms with Gasteiger partial charge in [-0.15, -0.1) is 11.3 Å². The zero-order valence-electron chi connectivity index (χ0n) is 10.7. The second-order valence-electron chi connectivity index (χ2n) is 3.78. The van der Waals surface area contributed by atoms with Gasteiger partial charge < -0.3 is 15.4 Å². The summed E-state index contributed by atoms with van der Waals surface area (Å²) >= 11 is 1.46. The lowest BCUT2D eigenvalue weighted by Crippen LogP contribution is -2.27. The zero-order valence-corrected chi connectivity index (χ0v) is 11.5. The van der Waals surface area contributed by atoms with Gasteiger partial charge in [-0.25, -0.2) is 0 Å². The zero-order chi connectivity index (χ0) is 13.4. The van der Waals surface area contributed by atoms with Gasteiger partial charge in [0, 0.05) is 32.7 Å². The fourth-order valence-corrected chi connectivity index (χ4v) is 2.17. The molecule has 0 spiro atoms. The standard InChI is InChI=1S/C13H18N2O2S/c1-15(7-4-8-17-2)13(16)11-9-12(18-10-11)5-3-6-14/h9-10H,4,6-8,14H2,1-2H3. The highest BCUT2D eigenvalue weighted by Gasteiger charge is 2.12. The molecule has 0 saturated carbocycles. The van der Waals surface area contributed by atoms with Crippen molar-refractivity contribution in [2.24, 2.45) is 5.73 Å². The van der Waals surface area contributed by atoms with Crippen LogP contribution in [0, 0.1) is 11.8 Å². The van der Waals surface area contributed by atoms with E-state index in [9.17, 15) is 4.79 Å². The first kappa shape index (κ1) is 14.7. The van der Waals surface area contributed by atoms with Crippen molar-refractivity contribution in [2.45, 2.75) is 6.42 Å². The number of nitrogens with zero attached hydrogens (tertiary/aromatic N) is 1. The minimum Gasteiger partial charge on any atom is -0.385 e. The highest BCUT2D eigenvalue weighted by molar-refractivity contribution is 7.10. The summed E-state index contributed by atoms with van der Waals surface area (Å²) in [5.41, 5.74) is 5.98. The summed E-state index contributed by atoms with van der Waals surface area (Å²) in [7, 11) is 3.45. The second-order valence-corrected chi connectivity index (χ2v) is 4.69. The largest absolute Gasteiger partial charge is 0.385 e. The van der Waals surface area contributed by atoms with Gasteiger partial charge in [0.25, 0.3) is 5.91 Å². The van der Waals surface area contributed by atoms with E-state index in [0.717, 1.165) is 11.3 Å². The third-order valence-corrected chi connectivity index (χ3v) is 3.19. The van der Waals surface area contributed by atoms with Crippen molar-refractivity contribution in [2.75, 3.05) is 33.9 Å². The van der Waals surface area contributed by atoms with Crippen LogP contribution in [0.2, 0.25) is 0 Å². The summed E-state index contributed by atoms with van der Waals surface area (Å²) in [6.45, 7) is 1.68. The number of ether oxygens (including phenoxy) is 1. The van der Waals surface area contributed by atoms with Gasteiger partial charge in [0.1, 0.15) is 0 Å². The summed E-state index contributed by atoms with van der Waals surface area (Å²) in [4.78, 5) is 14.6. The van der Waals surface area contributed by atoms with Crippen molar-refractivity contribution in [3.8, 4) is 11.8 Å².